The maximum atomic E-state index is 6.50. The molecule has 0 saturated carbocycles. The first-order valence-electron chi connectivity index (χ1n) is 15.8. The predicted molar refractivity (Wildman–Crippen MR) is 196 cm³/mol. The molecule has 0 amide bonds. The lowest BCUT2D eigenvalue weighted by Crippen LogP contribution is -2.03. The number of hydrogen-bond acceptors (Lipinski definition) is 4. The molecule has 47 heavy (non-hydrogen) atoms. The van der Waals surface area contributed by atoms with E-state index in [1.165, 1.54) is 47.3 Å². The number of para-hydroxylation sites is 1. The molecule has 0 fully saturated rings. The largest absolute Gasteiger partial charge is 0.452 e. The van der Waals surface area contributed by atoms with Gasteiger partial charge in [-0.3, -0.25) is 4.57 Å². The quantitative estimate of drug-likeness (QED) is 0.198. The van der Waals surface area contributed by atoms with Crippen molar-refractivity contribution < 1.29 is 4.42 Å². The van der Waals surface area contributed by atoms with Crippen molar-refractivity contribution in [1.82, 2.24) is 14.5 Å². The van der Waals surface area contributed by atoms with E-state index < -0.39 is 0 Å². The minimum Gasteiger partial charge on any atom is -0.452 e. The van der Waals surface area contributed by atoms with Crippen LogP contribution in [0.3, 0.4) is 0 Å². The van der Waals surface area contributed by atoms with Crippen LogP contribution in [0.15, 0.2) is 144 Å². The summed E-state index contributed by atoms with van der Waals surface area (Å²) in [6.45, 7) is 0. The van der Waals surface area contributed by atoms with Crippen LogP contribution in [-0.2, 0) is 0 Å². The van der Waals surface area contributed by atoms with Crippen LogP contribution < -0.4 is 0 Å². The monoisotopic (exact) mass is 617 g/mol. The fourth-order valence-electron chi connectivity index (χ4n) is 7.51. The molecule has 4 aromatic heterocycles. The van der Waals surface area contributed by atoms with E-state index in [2.05, 4.69) is 120 Å². The summed E-state index contributed by atoms with van der Waals surface area (Å²) in [4.78, 5) is 10.7. The van der Waals surface area contributed by atoms with Gasteiger partial charge in [-0.05, 0) is 58.3 Å². The molecular weight excluding hydrogens is 595 g/mol. The van der Waals surface area contributed by atoms with Crippen LogP contribution in [0.1, 0.15) is 0 Å². The maximum Gasteiger partial charge on any atom is 0.236 e. The van der Waals surface area contributed by atoms with E-state index in [9.17, 15) is 0 Å². The van der Waals surface area contributed by atoms with Crippen molar-refractivity contribution in [3.63, 3.8) is 0 Å². The first-order valence-corrected chi connectivity index (χ1v) is 16.6. The molecule has 4 nitrogen and oxygen atoms in total. The lowest BCUT2D eigenvalue weighted by Gasteiger charge is -2.11. The molecule has 0 radical (unpaired) electrons. The van der Waals surface area contributed by atoms with Crippen LogP contribution >= 0.6 is 11.3 Å². The highest BCUT2D eigenvalue weighted by molar-refractivity contribution is 7.24. The van der Waals surface area contributed by atoms with Gasteiger partial charge >= 0.3 is 0 Å². The summed E-state index contributed by atoms with van der Waals surface area (Å²) >= 11 is 1.86. The third-order valence-electron chi connectivity index (χ3n) is 9.60. The van der Waals surface area contributed by atoms with Crippen LogP contribution in [0.5, 0.6) is 0 Å². The topological polar surface area (TPSA) is 43.9 Å². The second-order valence-corrected chi connectivity index (χ2v) is 13.2. The van der Waals surface area contributed by atoms with Crippen LogP contribution in [0.4, 0.5) is 0 Å². The van der Waals surface area contributed by atoms with Crippen molar-refractivity contribution in [2.75, 3.05) is 0 Å². The van der Waals surface area contributed by atoms with Crippen LogP contribution in [-0.4, -0.2) is 14.5 Å². The number of benzene rings is 7. The fraction of sp³-hybridized carbons (Fsp3) is 0. The standard InChI is InChI=1S/C42H23N3OS/c1-2-8-24(9-3-1)25-16-18-28(19-17-25)39-41-40(29-12-4-5-13-32(29)46-41)44-42(43-39)45-30-22-20-26-10-6-14-33-35(26)37(30)38-31(45)23-21-27-11-7-15-34(47-33)36(27)38/h1-23H. The zero-order valence-corrected chi connectivity index (χ0v) is 25.8. The number of aromatic nitrogens is 3. The Morgan fingerprint density at radius 3 is 1.81 bits per heavy atom. The molecule has 7 aromatic carbocycles. The molecule has 0 spiro atoms. The van der Waals surface area contributed by atoms with Gasteiger partial charge in [-0.25, -0.2) is 9.97 Å². The van der Waals surface area contributed by atoms with Gasteiger partial charge in [-0.15, -0.1) is 11.3 Å². The lowest BCUT2D eigenvalue weighted by atomic mass is 10.00. The van der Waals surface area contributed by atoms with Gasteiger partial charge < -0.3 is 4.42 Å². The molecule has 0 aliphatic heterocycles. The minimum atomic E-state index is 0.632. The molecule has 0 unspecified atom stereocenters. The highest BCUT2D eigenvalue weighted by Crippen LogP contribution is 2.46. The Labute approximate surface area is 272 Å². The van der Waals surface area contributed by atoms with Gasteiger partial charge in [0.15, 0.2) is 5.58 Å². The van der Waals surface area contributed by atoms with Gasteiger partial charge in [0, 0.05) is 41.9 Å². The summed E-state index contributed by atoms with van der Waals surface area (Å²) in [6, 6.07) is 49.4. The zero-order valence-electron chi connectivity index (χ0n) is 24.9. The van der Waals surface area contributed by atoms with E-state index in [1.807, 2.05) is 35.6 Å². The Morgan fingerprint density at radius 2 is 1.11 bits per heavy atom. The van der Waals surface area contributed by atoms with Crippen LogP contribution in [0.25, 0.3) is 103 Å². The molecular formula is C42H23N3OS. The van der Waals surface area contributed by atoms with Crippen molar-refractivity contribution in [3.8, 4) is 28.3 Å². The van der Waals surface area contributed by atoms with Crippen molar-refractivity contribution in [3.05, 3.63) is 140 Å². The minimum absolute atomic E-state index is 0.632. The average Bonchev–Trinajstić information content (AvgIpc) is 3.63. The van der Waals surface area contributed by atoms with Gasteiger partial charge in [0.1, 0.15) is 16.8 Å². The predicted octanol–water partition coefficient (Wildman–Crippen LogP) is 11.8. The second kappa shape index (κ2) is 9.25. The molecule has 0 saturated heterocycles. The zero-order chi connectivity index (χ0) is 30.6. The number of hydrogen-bond donors (Lipinski definition) is 0. The first kappa shape index (κ1) is 25.2. The number of rotatable bonds is 3. The van der Waals surface area contributed by atoms with Gasteiger partial charge in [0.05, 0.1) is 11.0 Å². The summed E-state index contributed by atoms with van der Waals surface area (Å²) in [5, 5.41) is 8.54. The fourth-order valence-corrected chi connectivity index (χ4v) is 8.68. The van der Waals surface area contributed by atoms with Gasteiger partial charge in [0.25, 0.3) is 0 Å². The molecule has 0 aliphatic carbocycles. The maximum absolute atomic E-state index is 6.50. The molecule has 11 aromatic rings. The summed E-state index contributed by atoms with van der Waals surface area (Å²) in [6.07, 6.45) is 0. The Hall–Kier alpha value is -6.04. The number of furan rings is 1. The van der Waals surface area contributed by atoms with Crippen LogP contribution in [0, 0.1) is 0 Å². The number of fused-ring (bicyclic) bond motifs is 3. The molecule has 4 heterocycles. The Morgan fingerprint density at radius 1 is 0.489 bits per heavy atom. The molecule has 0 bridgehead atoms. The van der Waals surface area contributed by atoms with E-state index in [1.54, 1.807) is 0 Å². The Bertz CT molecular complexity index is 2900. The van der Waals surface area contributed by atoms with Crippen molar-refractivity contribution in [1.29, 1.82) is 0 Å². The summed E-state index contributed by atoms with van der Waals surface area (Å²) in [7, 11) is 0. The first-order chi connectivity index (χ1) is 23.3. The van der Waals surface area contributed by atoms with Gasteiger partial charge in [-0.1, -0.05) is 103 Å². The van der Waals surface area contributed by atoms with Crippen LogP contribution in [0.2, 0.25) is 0 Å². The average molecular weight is 618 g/mol. The van der Waals surface area contributed by atoms with Crippen molar-refractivity contribution in [2.24, 2.45) is 0 Å². The smallest absolute Gasteiger partial charge is 0.236 e. The molecule has 0 aliphatic rings. The summed E-state index contributed by atoms with van der Waals surface area (Å²) < 4.78 is 11.3. The SMILES string of the molecule is c1ccc(-c2ccc(-c3nc(-n4c5ccc6cccc7sc8cccc9ccc4c(c98)c5c67)nc4c3oc3ccccc34)cc2)cc1. The van der Waals surface area contributed by atoms with E-state index in [0.717, 1.165) is 44.3 Å². The van der Waals surface area contributed by atoms with E-state index in [-0.39, 0.29) is 0 Å². The highest BCUT2D eigenvalue weighted by Gasteiger charge is 2.24. The molecule has 0 atom stereocenters. The van der Waals surface area contributed by atoms with Gasteiger partial charge in [-0.2, -0.15) is 0 Å². The summed E-state index contributed by atoms with van der Waals surface area (Å²) in [5.74, 6) is 0.632. The molecule has 0 N–H and O–H groups in total. The van der Waals surface area contributed by atoms with E-state index >= 15 is 0 Å². The molecule has 218 valence electrons. The highest BCUT2D eigenvalue weighted by atomic mass is 32.1. The lowest BCUT2D eigenvalue weighted by molar-refractivity contribution is 0.666. The Balaban J connectivity index is 1.27. The van der Waals surface area contributed by atoms with Gasteiger partial charge in [0.2, 0.25) is 5.95 Å². The van der Waals surface area contributed by atoms with E-state index in [4.69, 9.17) is 14.4 Å². The third kappa shape index (κ3) is 3.46. The Kier molecular flexibility index (Phi) is 4.96. The second-order valence-electron chi connectivity index (χ2n) is 12.2. The molecule has 11 rings (SSSR count). The molecule has 5 heteroatoms. The van der Waals surface area contributed by atoms with E-state index in [0.29, 0.717) is 11.5 Å². The third-order valence-corrected chi connectivity index (χ3v) is 10.7. The van der Waals surface area contributed by atoms with Crippen molar-refractivity contribution in [2.45, 2.75) is 0 Å². The number of nitrogens with zero attached hydrogens (tertiary/aromatic N) is 3. The normalized spacial score (nSPS) is 12.3. The summed E-state index contributed by atoms with van der Waals surface area (Å²) in [5.41, 5.74) is 8.61. The van der Waals surface area contributed by atoms with Crippen molar-refractivity contribution >= 4 is 86.2 Å².